The predicted octanol–water partition coefficient (Wildman–Crippen LogP) is 2.51. The number of nitrogens with one attached hydrogen (secondary N) is 1. The number of nitrogens with zero attached hydrogens (tertiary/aromatic N) is 2. The van der Waals surface area contributed by atoms with Crippen molar-refractivity contribution in [3.63, 3.8) is 0 Å². The fourth-order valence-corrected chi connectivity index (χ4v) is 3.47. The third-order valence-corrected chi connectivity index (χ3v) is 4.59. The van der Waals surface area contributed by atoms with E-state index in [1.807, 2.05) is 0 Å². The van der Waals surface area contributed by atoms with Crippen LogP contribution in [0.25, 0.3) is 0 Å². The third-order valence-electron chi connectivity index (χ3n) is 4.59. The molecule has 110 valence electrons. The number of aromatic hydroxyl groups is 1. The highest BCUT2D eigenvalue weighted by molar-refractivity contribution is 5.37. The highest BCUT2D eigenvalue weighted by Gasteiger charge is 2.25. The standard InChI is InChI=1S/C15H23N3O2/c19-13-12(11-7-3-4-8-11)14(20)17-15(16-13)18-9-5-1-2-6-10-18/h11H,1-10H2,(H2,16,17,19,20). The second-order valence-corrected chi connectivity index (χ2v) is 6.01. The van der Waals surface area contributed by atoms with Gasteiger partial charge in [0, 0.05) is 13.1 Å². The summed E-state index contributed by atoms with van der Waals surface area (Å²) >= 11 is 0. The summed E-state index contributed by atoms with van der Waals surface area (Å²) < 4.78 is 0. The topological polar surface area (TPSA) is 69.2 Å². The van der Waals surface area contributed by atoms with Crippen LogP contribution in [0.4, 0.5) is 5.95 Å². The van der Waals surface area contributed by atoms with Crippen molar-refractivity contribution in [2.75, 3.05) is 18.0 Å². The number of aromatic amines is 1. The fourth-order valence-electron chi connectivity index (χ4n) is 3.47. The van der Waals surface area contributed by atoms with Gasteiger partial charge in [-0.3, -0.25) is 9.78 Å². The average Bonchev–Trinajstić information content (AvgIpc) is 2.79. The molecule has 0 atom stereocenters. The van der Waals surface area contributed by atoms with Gasteiger partial charge in [-0.15, -0.1) is 0 Å². The molecule has 0 aromatic carbocycles. The van der Waals surface area contributed by atoms with E-state index in [1.54, 1.807) is 0 Å². The minimum absolute atomic E-state index is 0.0557. The lowest BCUT2D eigenvalue weighted by molar-refractivity contribution is 0.435. The first kappa shape index (κ1) is 13.5. The van der Waals surface area contributed by atoms with Crippen LogP contribution in [-0.2, 0) is 0 Å². The van der Waals surface area contributed by atoms with Crippen LogP contribution in [0.5, 0.6) is 5.88 Å². The van der Waals surface area contributed by atoms with Crippen LogP contribution in [0, 0.1) is 0 Å². The molecule has 1 aliphatic heterocycles. The molecule has 2 aliphatic rings. The quantitative estimate of drug-likeness (QED) is 0.871. The molecular weight excluding hydrogens is 254 g/mol. The molecule has 0 amide bonds. The second kappa shape index (κ2) is 5.85. The molecule has 5 heteroatoms. The summed E-state index contributed by atoms with van der Waals surface area (Å²) in [5.41, 5.74) is 0.352. The van der Waals surface area contributed by atoms with Gasteiger partial charge in [-0.2, -0.15) is 4.98 Å². The van der Waals surface area contributed by atoms with Crippen LogP contribution in [0.3, 0.4) is 0 Å². The van der Waals surface area contributed by atoms with Gasteiger partial charge in [-0.1, -0.05) is 25.7 Å². The van der Waals surface area contributed by atoms with Gasteiger partial charge in [0.15, 0.2) is 0 Å². The fraction of sp³-hybridized carbons (Fsp3) is 0.733. The number of H-pyrrole nitrogens is 1. The Morgan fingerprint density at radius 3 is 2.30 bits per heavy atom. The summed E-state index contributed by atoms with van der Waals surface area (Å²) in [6.45, 7) is 1.82. The Morgan fingerprint density at radius 1 is 1.05 bits per heavy atom. The largest absolute Gasteiger partial charge is 0.493 e. The molecule has 20 heavy (non-hydrogen) atoms. The van der Waals surface area contributed by atoms with E-state index in [1.165, 1.54) is 12.8 Å². The first-order chi connectivity index (χ1) is 9.75. The minimum atomic E-state index is -0.149. The van der Waals surface area contributed by atoms with Gasteiger partial charge < -0.3 is 10.0 Å². The third kappa shape index (κ3) is 2.67. The smallest absolute Gasteiger partial charge is 0.259 e. The first-order valence-electron chi connectivity index (χ1n) is 7.84. The van der Waals surface area contributed by atoms with E-state index in [9.17, 15) is 9.90 Å². The lowest BCUT2D eigenvalue weighted by Gasteiger charge is -2.21. The van der Waals surface area contributed by atoms with Crippen molar-refractivity contribution in [2.45, 2.75) is 57.3 Å². The normalized spacial score (nSPS) is 21.1. The molecular formula is C15H23N3O2. The Hall–Kier alpha value is -1.52. The summed E-state index contributed by atoms with van der Waals surface area (Å²) in [5.74, 6) is 0.667. The van der Waals surface area contributed by atoms with Gasteiger partial charge in [-0.25, -0.2) is 0 Å². The van der Waals surface area contributed by atoms with Crippen molar-refractivity contribution < 1.29 is 5.11 Å². The van der Waals surface area contributed by atoms with Crippen molar-refractivity contribution in [1.29, 1.82) is 0 Å². The molecule has 1 aromatic rings. The zero-order chi connectivity index (χ0) is 13.9. The summed E-state index contributed by atoms with van der Waals surface area (Å²) in [7, 11) is 0. The highest BCUT2D eigenvalue weighted by atomic mass is 16.3. The number of rotatable bonds is 2. The zero-order valence-corrected chi connectivity index (χ0v) is 11.9. The van der Waals surface area contributed by atoms with Crippen molar-refractivity contribution >= 4 is 5.95 Å². The summed E-state index contributed by atoms with van der Waals surface area (Å²) in [6.07, 6.45) is 8.95. The van der Waals surface area contributed by atoms with E-state index >= 15 is 0 Å². The highest BCUT2D eigenvalue weighted by Crippen LogP contribution is 2.35. The maximum Gasteiger partial charge on any atom is 0.259 e. The average molecular weight is 277 g/mol. The number of anilines is 1. The molecule has 1 aliphatic carbocycles. The number of aromatic nitrogens is 2. The van der Waals surface area contributed by atoms with Gasteiger partial charge in [0.05, 0.1) is 5.56 Å². The lowest BCUT2D eigenvalue weighted by Crippen LogP contribution is -2.29. The number of hydrogen-bond donors (Lipinski definition) is 2. The van der Waals surface area contributed by atoms with Crippen molar-refractivity contribution in [1.82, 2.24) is 9.97 Å². The molecule has 1 saturated carbocycles. The molecule has 0 spiro atoms. The first-order valence-corrected chi connectivity index (χ1v) is 7.84. The second-order valence-electron chi connectivity index (χ2n) is 6.01. The van der Waals surface area contributed by atoms with E-state index in [-0.39, 0.29) is 17.4 Å². The monoisotopic (exact) mass is 277 g/mol. The van der Waals surface area contributed by atoms with Crippen LogP contribution in [0.1, 0.15) is 62.8 Å². The Balaban J connectivity index is 1.88. The zero-order valence-electron chi connectivity index (χ0n) is 11.9. The molecule has 0 unspecified atom stereocenters. The summed E-state index contributed by atoms with van der Waals surface area (Å²) in [5, 5.41) is 10.2. The summed E-state index contributed by atoms with van der Waals surface area (Å²) in [6, 6.07) is 0. The Kier molecular flexibility index (Phi) is 3.94. The molecule has 2 fully saturated rings. The van der Waals surface area contributed by atoms with E-state index < -0.39 is 0 Å². The Bertz CT molecular complexity index is 512. The van der Waals surface area contributed by atoms with Crippen LogP contribution in [-0.4, -0.2) is 28.2 Å². The van der Waals surface area contributed by atoms with E-state index in [0.29, 0.717) is 11.5 Å². The van der Waals surface area contributed by atoms with Crippen LogP contribution in [0.15, 0.2) is 4.79 Å². The number of hydrogen-bond acceptors (Lipinski definition) is 4. The predicted molar refractivity (Wildman–Crippen MR) is 78.4 cm³/mol. The molecule has 0 bridgehead atoms. The minimum Gasteiger partial charge on any atom is -0.493 e. The van der Waals surface area contributed by atoms with Crippen LogP contribution < -0.4 is 10.5 Å². The van der Waals surface area contributed by atoms with E-state index in [0.717, 1.165) is 51.6 Å². The Morgan fingerprint density at radius 2 is 1.70 bits per heavy atom. The van der Waals surface area contributed by atoms with Crippen LogP contribution >= 0.6 is 0 Å². The maximum absolute atomic E-state index is 12.3. The van der Waals surface area contributed by atoms with Gasteiger partial charge in [-0.05, 0) is 31.6 Å². The van der Waals surface area contributed by atoms with Gasteiger partial charge in [0.1, 0.15) is 0 Å². The molecule has 5 nitrogen and oxygen atoms in total. The lowest BCUT2D eigenvalue weighted by atomic mass is 10.0. The van der Waals surface area contributed by atoms with Gasteiger partial charge in [0.2, 0.25) is 11.8 Å². The van der Waals surface area contributed by atoms with E-state index in [2.05, 4.69) is 14.9 Å². The van der Waals surface area contributed by atoms with Crippen molar-refractivity contribution in [2.24, 2.45) is 0 Å². The van der Waals surface area contributed by atoms with Crippen molar-refractivity contribution in [3.05, 3.63) is 15.9 Å². The van der Waals surface area contributed by atoms with E-state index in [4.69, 9.17) is 0 Å². The van der Waals surface area contributed by atoms with Crippen molar-refractivity contribution in [3.8, 4) is 5.88 Å². The SMILES string of the molecule is O=c1[nH]c(N2CCCCCC2)nc(O)c1C1CCCC1. The Labute approximate surface area is 119 Å². The molecule has 1 saturated heterocycles. The van der Waals surface area contributed by atoms with Crippen LogP contribution in [0.2, 0.25) is 0 Å². The molecule has 2 N–H and O–H groups in total. The molecule has 3 rings (SSSR count). The van der Waals surface area contributed by atoms with Gasteiger partial charge in [0.25, 0.3) is 5.56 Å². The van der Waals surface area contributed by atoms with Gasteiger partial charge >= 0.3 is 0 Å². The maximum atomic E-state index is 12.3. The molecule has 2 heterocycles. The molecule has 0 radical (unpaired) electrons. The molecule has 1 aromatic heterocycles. The summed E-state index contributed by atoms with van der Waals surface area (Å²) in [4.78, 5) is 21.5.